The average molecular weight is 190 g/mol. The molecule has 0 fully saturated rings. The minimum absolute atomic E-state index is 2.49. The summed E-state index contributed by atoms with van der Waals surface area (Å²) in [6, 6.07) is 0. The molecule has 0 bridgehead atoms. The van der Waals surface area contributed by atoms with Crippen LogP contribution in [0.3, 0.4) is 0 Å². The number of carboxylic acid groups (broad SMARTS) is 1. The first-order chi connectivity index (χ1) is 5.33. The van der Waals surface area contributed by atoms with Crippen molar-refractivity contribution < 1.29 is 31.9 Å². The maximum absolute atomic E-state index is 12.0. The summed E-state index contributed by atoms with van der Waals surface area (Å²) >= 11 is 0. The maximum Gasteiger partial charge on any atom is 0.367 e. The quantitative estimate of drug-likeness (QED) is 0.544. The van der Waals surface area contributed by atoms with Gasteiger partial charge in [-0.1, -0.05) is 0 Å². The Morgan fingerprint density at radius 3 is 2.00 bits per heavy atom. The Morgan fingerprint density at radius 1 is 1.33 bits per heavy atom. The van der Waals surface area contributed by atoms with E-state index in [1.807, 2.05) is 0 Å². The van der Waals surface area contributed by atoms with Crippen molar-refractivity contribution in [1.29, 1.82) is 0 Å². The van der Waals surface area contributed by atoms with Crippen molar-refractivity contribution in [2.24, 2.45) is 0 Å². The molecule has 0 atom stereocenters. The van der Waals surface area contributed by atoms with Gasteiger partial charge in [-0.2, -0.15) is 13.2 Å². The van der Waals surface area contributed by atoms with Gasteiger partial charge in [0, 0.05) is 0 Å². The highest BCUT2D eigenvalue weighted by atomic mass is 19.3. The zero-order valence-corrected chi connectivity index (χ0v) is 5.45. The van der Waals surface area contributed by atoms with E-state index in [1.54, 1.807) is 0 Å². The van der Waals surface area contributed by atoms with Gasteiger partial charge in [-0.05, 0) is 0 Å². The molecule has 0 aliphatic rings. The molecule has 0 aromatic heterocycles. The first kappa shape index (κ1) is 10.9. The Balaban J connectivity index is 4.90. The third kappa shape index (κ3) is 2.18. The molecular weight excluding hydrogens is 187 g/mol. The number of hydrogen-bond acceptors (Lipinski definition) is 1. The maximum atomic E-state index is 12.0. The normalized spacial score (nSPS) is 14.1. The molecular formula is C5H3F5O2. The molecule has 0 aromatic carbocycles. The lowest BCUT2D eigenvalue weighted by Crippen LogP contribution is -2.22. The molecule has 2 nitrogen and oxygen atoms in total. The number of rotatable bonds is 3. The van der Waals surface area contributed by atoms with Gasteiger partial charge in [0.2, 0.25) is 11.7 Å². The second-order valence-electron chi connectivity index (χ2n) is 1.77. The van der Waals surface area contributed by atoms with Crippen LogP contribution in [0.2, 0.25) is 0 Å². The fraction of sp³-hybridized carbons (Fsp3) is 0.400. The summed E-state index contributed by atoms with van der Waals surface area (Å²) in [5.41, 5.74) is 0. The summed E-state index contributed by atoms with van der Waals surface area (Å²) in [5.74, 6) is -12.8. The van der Waals surface area contributed by atoms with E-state index in [-0.39, 0.29) is 0 Å². The van der Waals surface area contributed by atoms with Crippen molar-refractivity contribution in [3.05, 3.63) is 11.7 Å². The number of aliphatic carboxylic acids is 1. The Morgan fingerprint density at radius 2 is 1.75 bits per heavy atom. The van der Waals surface area contributed by atoms with Crippen molar-refractivity contribution in [1.82, 2.24) is 0 Å². The molecule has 12 heavy (non-hydrogen) atoms. The van der Waals surface area contributed by atoms with Crippen LogP contribution in [0.5, 0.6) is 0 Å². The monoisotopic (exact) mass is 190 g/mol. The van der Waals surface area contributed by atoms with Crippen LogP contribution in [0, 0.1) is 0 Å². The fourth-order valence-electron chi connectivity index (χ4n) is 0.313. The molecule has 0 aliphatic heterocycles. The van der Waals surface area contributed by atoms with Crippen LogP contribution in [0.4, 0.5) is 22.0 Å². The van der Waals surface area contributed by atoms with Gasteiger partial charge < -0.3 is 5.11 Å². The van der Waals surface area contributed by atoms with E-state index >= 15 is 0 Å². The topological polar surface area (TPSA) is 37.3 Å². The van der Waals surface area contributed by atoms with Gasteiger partial charge in [-0.3, -0.25) is 0 Å². The van der Waals surface area contributed by atoms with Crippen LogP contribution in [0.1, 0.15) is 0 Å². The third-order valence-corrected chi connectivity index (χ3v) is 0.869. The third-order valence-electron chi connectivity index (χ3n) is 0.869. The number of halogens is 5. The Kier molecular flexibility index (Phi) is 3.17. The van der Waals surface area contributed by atoms with Crippen LogP contribution in [-0.2, 0) is 4.79 Å². The van der Waals surface area contributed by atoms with Gasteiger partial charge in [-0.25, -0.2) is 13.6 Å². The summed E-state index contributed by atoms with van der Waals surface area (Å²) in [6.07, 6.45) is 0. The predicted octanol–water partition coefficient (Wildman–Crippen LogP) is 1.83. The molecule has 0 amide bonds. The largest absolute Gasteiger partial charge is 0.476 e. The smallest absolute Gasteiger partial charge is 0.367 e. The van der Waals surface area contributed by atoms with E-state index in [9.17, 15) is 26.7 Å². The van der Waals surface area contributed by atoms with E-state index in [4.69, 9.17) is 5.11 Å². The molecule has 0 unspecified atom stereocenters. The van der Waals surface area contributed by atoms with Crippen molar-refractivity contribution in [2.75, 3.05) is 6.67 Å². The molecule has 70 valence electrons. The predicted molar refractivity (Wildman–Crippen MR) is 27.8 cm³/mol. The lowest BCUT2D eigenvalue weighted by atomic mass is 10.3. The van der Waals surface area contributed by atoms with Crippen molar-refractivity contribution in [2.45, 2.75) is 5.92 Å². The summed E-state index contributed by atoms with van der Waals surface area (Å²) in [5, 5.41) is 7.68. The van der Waals surface area contributed by atoms with Crippen LogP contribution in [0.15, 0.2) is 11.7 Å². The van der Waals surface area contributed by atoms with E-state index in [2.05, 4.69) is 0 Å². The van der Waals surface area contributed by atoms with E-state index < -0.39 is 30.2 Å². The molecule has 0 heterocycles. The minimum atomic E-state index is -4.71. The Bertz CT molecular complexity index is 222. The van der Waals surface area contributed by atoms with Crippen LogP contribution in [-0.4, -0.2) is 23.7 Å². The van der Waals surface area contributed by atoms with Gasteiger partial charge in [0.15, 0.2) is 6.67 Å². The summed E-state index contributed by atoms with van der Waals surface area (Å²) in [7, 11) is 0. The van der Waals surface area contributed by atoms with Crippen LogP contribution in [0.25, 0.3) is 0 Å². The van der Waals surface area contributed by atoms with Gasteiger partial charge in [0.25, 0.3) is 0 Å². The highest BCUT2D eigenvalue weighted by Crippen LogP contribution is 2.28. The fourth-order valence-corrected chi connectivity index (χ4v) is 0.313. The first-order valence-electron chi connectivity index (χ1n) is 2.55. The van der Waals surface area contributed by atoms with Crippen molar-refractivity contribution >= 4 is 5.97 Å². The second-order valence-corrected chi connectivity index (χ2v) is 1.77. The van der Waals surface area contributed by atoms with Crippen LogP contribution < -0.4 is 0 Å². The van der Waals surface area contributed by atoms with Gasteiger partial charge in [0.1, 0.15) is 0 Å². The highest BCUT2D eigenvalue weighted by molar-refractivity contribution is 5.84. The summed E-state index contributed by atoms with van der Waals surface area (Å²) in [6.45, 7) is -2.49. The van der Waals surface area contributed by atoms with Crippen molar-refractivity contribution in [3.8, 4) is 0 Å². The molecule has 0 saturated carbocycles. The molecule has 0 saturated heterocycles. The Hall–Kier alpha value is -1.14. The van der Waals surface area contributed by atoms with E-state index in [0.717, 1.165) is 0 Å². The molecule has 0 aliphatic carbocycles. The molecule has 1 N–H and O–H groups in total. The molecule has 0 rings (SSSR count). The number of allylic oxidation sites excluding steroid dienone is 1. The van der Waals surface area contributed by atoms with Gasteiger partial charge in [-0.15, -0.1) is 0 Å². The molecule has 0 spiro atoms. The van der Waals surface area contributed by atoms with Gasteiger partial charge >= 0.3 is 11.9 Å². The highest BCUT2D eigenvalue weighted by Gasteiger charge is 2.40. The lowest BCUT2D eigenvalue weighted by Gasteiger charge is -2.08. The van der Waals surface area contributed by atoms with Crippen LogP contribution >= 0.6 is 0 Å². The SMILES string of the molecule is O=C(O)C(F)=C(F)C(F)(F)CF. The van der Waals surface area contributed by atoms with Crippen molar-refractivity contribution in [3.63, 3.8) is 0 Å². The van der Waals surface area contributed by atoms with E-state index in [0.29, 0.717) is 0 Å². The molecule has 0 aromatic rings. The second kappa shape index (κ2) is 3.51. The van der Waals surface area contributed by atoms with E-state index in [1.165, 1.54) is 0 Å². The minimum Gasteiger partial charge on any atom is -0.476 e. The molecule has 7 heteroatoms. The van der Waals surface area contributed by atoms with Gasteiger partial charge in [0.05, 0.1) is 0 Å². The first-order valence-corrected chi connectivity index (χ1v) is 2.55. The number of alkyl halides is 3. The zero-order chi connectivity index (χ0) is 9.94. The average Bonchev–Trinajstić information content (AvgIpc) is 2.01. The number of hydrogen-bond donors (Lipinski definition) is 1. The summed E-state index contributed by atoms with van der Waals surface area (Å²) < 4.78 is 58.8. The molecule has 0 radical (unpaired) electrons. The number of carbonyl (C=O) groups is 1. The zero-order valence-electron chi connectivity index (χ0n) is 5.45. The number of carboxylic acids is 1. The summed E-state index contributed by atoms with van der Waals surface area (Å²) in [4.78, 5) is 9.57. The Labute approximate surface area is 63.3 Å². The standard InChI is InChI=1S/C5H3F5O2/c6-1-5(9,10)3(8)2(7)4(11)12/h1H2,(H,11,12). The lowest BCUT2D eigenvalue weighted by molar-refractivity contribution is -0.135.